The van der Waals surface area contributed by atoms with Gasteiger partial charge in [-0.05, 0) is 25.0 Å². The first-order valence-corrected chi connectivity index (χ1v) is 7.02. The van der Waals surface area contributed by atoms with Crippen LogP contribution in [0.15, 0.2) is 30.3 Å². The molecule has 102 valence electrons. The molecule has 0 aliphatic heterocycles. The Morgan fingerprint density at radius 2 is 1.79 bits per heavy atom. The summed E-state index contributed by atoms with van der Waals surface area (Å²) in [6.07, 6.45) is 1.99. The molecule has 0 unspecified atom stereocenters. The van der Waals surface area contributed by atoms with Crippen molar-refractivity contribution >= 4 is 16.8 Å². The molecule has 0 N–H and O–H groups in total. The van der Waals surface area contributed by atoms with E-state index in [0.29, 0.717) is 0 Å². The van der Waals surface area contributed by atoms with Crippen LogP contribution in [0.4, 0.5) is 0 Å². The van der Waals surface area contributed by atoms with E-state index >= 15 is 0 Å². The van der Waals surface area contributed by atoms with E-state index in [1.807, 2.05) is 34.7 Å². The Labute approximate surface area is 114 Å². The number of carbonyl (C=O) groups is 1. The van der Waals surface area contributed by atoms with Crippen LogP contribution in [0.2, 0.25) is 0 Å². The fraction of sp³-hybridized carbons (Fsp3) is 0.438. The van der Waals surface area contributed by atoms with Crippen molar-refractivity contribution in [2.75, 3.05) is 13.1 Å². The SMILES string of the molecule is CCCN(CCC)C(=O)c1cc2ccccc2n1C. The van der Waals surface area contributed by atoms with E-state index < -0.39 is 0 Å². The lowest BCUT2D eigenvalue weighted by molar-refractivity contribution is 0.0746. The summed E-state index contributed by atoms with van der Waals surface area (Å²) >= 11 is 0. The van der Waals surface area contributed by atoms with Gasteiger partial charge in [0.05, 0.1) is 0 Å². The molecule has 0 aliphatic carbocycles. The summed E-state index contributed by atoms with van der Waals surface area (Å²) in [5.74, 6) is 0.141. The standard InChI is InChI=1S/C16H22N2O/c1-4-10-18(11-5-2)16(19)15-12-13-8-6-7-9-14(13)17(15)3/h6-9,12H,4-5,10-11H2,1-3H3. The molecule has 1 aromatic carbocycles. The van der Waals surface area contributed by atoms with Crippen LogP contribution in [-0.4, -0.2) is 28.5 Å². The third-order valence-electron chi connectivity index (χ3n) is 3.45. The molecule has 2 rings (SSSR count). The van der Waals surface area contributed by atoms with Crippen LogP contribution < -0.4 is 0 Å². The van der Waals surface area contributed by atoms with Crippen LogP contribution in [-0.2, 0) is 7.05 Å². The predicted octanol–water partition coefficient (Wildman–Crippen LogP) is 3.44. The lowest BCUT2D eigenvalue weighted by Crippen LogP contribution is -2.33. The van der Waals surface area contributed by atoms with Crippen LogP contribution in [0.5, 0.6) is 0 Å². The molecule has 19 heavy (non-hydrogen) atoms. The minimum absolute atomic E-state index is 0.141. The zero-order valence-corrected chi connectivity index (χ0v) is 12.0. The van der Waals surface area contributed by atoms with Crippen molar-refractivity contribution in [2.24, 2.45) is 7.05 Å². The molecule has 3 heteroatoms. The maximum Gasteiger partial charge on any atom is 0.270 e. The first kappa shape index (κ1) is 13.7. The number of amides is 1. The smallest absolute Gasteiger partial charge is 0.270 e. The molecular weight excluding hydrogens is 236 g/mol. The van der Waals surface area contributed by atoms with Gasteiger partial charge in [-0.2, -0.15) is 0 Å². The molecule has 0 spiro atoms. The van der Waals surface area contributed by atoms with Crippen LogP contribution in [0.25, 0.3) is 10.9 Å². The van der Waals surface area contributed by atoms with E-state index in [4.69, 9.17) is 0 Å². The second-order valence-electron chi connectivity index (χ2n) is 4.94. The second kappa shape index (κ2) is 5.91. The zero-order valence-electron chi connectivity index (χ0n) is 12.0. The van der Waals surface area contributed by atoms with Crippen molar-refractivity contribution in [2.45, 2.75) is 26.7 Å². The summed E-state index contributed by atoms with van der Waals surface area (Å²) in [5, 5.41) is 1.13. The fourth-order valence-electron chi connectivity index (χ4n) is 2.51. The second-order valence-corrected chi connectivity index (χ2v) is 4.94. The first-order valence-electron chi connectivity index (χ1n) is 7.02. The zero-order chi connectivity index (χ0) is 13.8. The quantitative estimate of drug-likeness (QED) is 0.806. The average molecular weight is 258 g/mol. The highest BCUT2D eigenvalue weighted by atomic mass is 16.2. The molecule has 1 aromatic heterocycles. The maximum atomic E-state index is 12.6. The number of hydrogen-bond acceptors (Lipinski definition) is 1. The minimum atomic E-state index is 0.141. The number of benzene rings is 1. The van der Waals surface area contributed by atoms with Crippen molar-refractivity contribution in [1.29, 1.82) is 0 Å². The molecule has 0 aliphatic rings. The predicted molar refractivity (Wildman–Crippen MR) is 79.4 cm³/mol. The highest BCUT2D eigenvalue weighted by Crippen LogP contribution is 2.19. The Bertz CT molecular complexity index is 565. The van der Waals surface area contributed by atoms with Crippen LogP contribution in [0.1, 0.15) is 37.2 Å². The Kier molecular flexibility index (Phi) is 4.25. The molecule has 0 saturated carbocycles. The Morgan fingerprint density at radius 1 is 1.16 bits per heavy atom. The Morgan fingerprint density at radius 3 is 2.37 bits per heavy atom. The normalized spacial score (nSPS) is 10.9. The van der Waals surface area contributed by atoms with Crippen LogP contribution in [0.3, 0.4) is 0 Å². The lowest BCUT2D eigenvalue weighted by atomic mass is 10.2. The number of aromatic nitrogens is 1. The number of fused-ring (bicyclic) bond motifs is 1. The van der Waals surface area contributed by atoms with Gasteiger partial charge in [0.1, 0.15) is 5.69 Å². The molecule has 0 radical (unpaired) electrons. The van der Waals surface area contributed by atoms with Crippen molar-refractivity contribution in [3.8, 4) is 0 Å². The number of hydrogen-bond donors (Lipinski definition) is 0. The maximum absolute atomic E-state index is 12.6. The summed E-state index contributed by atoms with van der Waals surface area (Å²) in [6.45, 7) is 5.87. The van der Waals surface area contributed by atoms with E-state index in [0.717, 1.165) is 42.5 Å². The number of rotatable bonds is 5. The first-order chi connectivity index (χ1) is 9.19. The number of carbonyl (C=O) groups excluding carboxylic acids is 1. The topological polar surface area (TPSA) is 25.2 Å². The van der Waals surface area contributed by atoms with Crippen molar-refractivity contribution < 1.29 is 4.79 Å². The van der Waals surface area contributed by atoms with Gasteiger partial charge >= 0.3 is 0 Å². The highest BCUT2D eigenvalue weighted by molar-refractivity contribution is 5.98. The summed E-state index contributed by atoms with van der Waals surface area (Å²) in [5.41, 5.74) is 1.89. The van der Waals surface area contributed by atoms with E-state index in [1.165, 1.54) is 0 Å². The van der Waals surface area contributed by atoms with E-state index in [2.05, 4.69) is 26.0 Å². The molecule has 1 amide bonds. The van der Waals surface area contributed by atoms with E-state index in [1.54, 1.807) is 0 Å². The fourth-order valence-corrected chi connectivity index (χ4v) is 2.51. The minimum Gasteiger partial charge on any atom is -0.340 e. The third kappa shape index (κ3) is 2.65. The largest absolute Gasteiger partial charge is 0.340 e. The van der Waals surface area contributed by atoms with Crippen LogP contribution >= 0.6 is 0 Å². The average Bonchev–Trinajstić information content (AvgIpc) is 2.76. The molecule has 0 bridgehead atoms. The summed E-state index contributed by atoms with van der Waals surface area (Å²) in [7, 11) is 1.96. The van der Waals surface area contributed by atoms with Gasteiger partial charge in [-0.15, -0.1) is 0 Å². The Hall–Kier alpha value is -1.77. The Balaban J connectivity index is 2.37. The third-order valence-corrected chi connectivity index (χ3v) is 3.45. The van der Waals surface area contributed by atoms with Gasteiger partial charge < -0.3 is 9.47 Å². The van der Waals surface area contributed by atoms with Gasteiger partial charge in [-0.1, -0.05) is 32.0 Å². The van der Waals surface area contributed by atoms with Gasteiger partial charge in [0.25, 0.3) is 5.91 Å². The molecule has 0 fully saturated rings. The van der Waals surface area contributed by atoms with Crippen molar-refractivity contribution in [3.05, 3.63) is 36.0 Å². The molecule has 3 nitrogen and oxygen atoms in total. The lowest BCUT2D eigenvalue weighted by Gasteiger charge is -2.21. The molecule has 1 heterocycles. The molecule has 0 atom stereocenters. The number of para-hydroxylation sites is 1. The van der Waals surface area contributed by atoms with E-state index in [-0.39, 0.29) is 5.91 Å². The van der Waals surface area contributed by atoms with Gasteiger partial charge in [0.15, 0.2) is 0 Å². The molecule has 0 saturated heterocycles. The van der Waals surface area contributed by atoms with Crippen molar-refractivity contribution in [3.63, 3.8) is 0 Å². The van der Waals surface area contributed by atoms with Gasteiger partial charge in [0.2, 0.25) is 0 Å². The number of aryl methyl sites for hydroxylation is 1. The number of nitrogens with zero attached hydrogens (tertiary/aromatic N) is 2. The summed E-state index contributed by atoms with van der Waals surface area (Å²) < 4.78 is 2.00. The summed E-state index contributed by atoms with van der Waals surface area (Å²) in [6, 6.07) is 10.1. The molecule has 2 aromatic rings. The summed E-state index contributed by atoms with van der Waals surface area (Å²) in [4.78, 5) is 14.6. The van der Waals surface area contributed by atoms with E-state index in [9.17, 15) is 4.79 Å². The molecular formula is C16H22N2O. The van der Waals surface area contributed by atoms with Crippen molar-refractivity contribution in [1.82, 2.24) is 9.47 Å². The van der Waals surface area contributed by atoms with Gasteiger partial charge in [-0.25, -0.2) is 0 Å². The van der Waals surface area contributed by atoms with Gasteiger partial charge in [-0.3, -0.25) is 4.79 Å². The highest BCUT2D eigenvalue weighted by Gasteiger charge is 2.18. The van der Waals surface area contributed by atoms with Crippen LogP contribution in [0, 0.1) is 0 Å². The monoisotopic (exact) mass is 258 g/mol. The van der Waals surface area contributed by atoms with Gasteiger partial charge in [0, 0.05) is 31.0 Å².